The van der Waals surface area contributed by atoms with Gasteiger partial charge in [-0.3, -0.25) is 0 Å². The summed E-state index contributed by atoms with van der Waals surface area (Å²) in [6.45, 7) is 6.54. The molecule has 1 saturated heterocycles. The molecule has 0 bridgehead atoms. The van der Waals surface area contributed by atoms with Gasteiger partial charge in [-0.2, -0.15) is 4.98 Å². The summed E-state index contributed by atoms with van der Waals surface area (Å²) in [7, 11) is 1.67. The van der Waals surface area contributed by atoms with Crippen molar-refractivity contribution in [1.29, 1.82) is 0 Å². The molecule has 1 aromatic rings. The zero-order valence-electron chi connectivity index (χ0n) is 12.0. The third-order valence-corrected chi connectivity index (χ3v) is 3.86. The van der Waals surface area contributed by atoms with Gasteiger partial charge in [0, 0.05) is 26.7 Å². The van der Waals surface area contributed by atoms with E-state index >= 15 is 0 Å². The van der Waals surface area contributed by atoms with Crippen LogP contribution in [0.25, 0.3) is 0 Å². The van der Waals surface area contributed by atoms with Crippen LogP contribution in [0.15, 0.2) is 4.47 Å². The van der Waals surface area contributed by atoms with Crippen LogP contribution in [0.1, 0.15) is 19.0 Å². The van der Waals surface area contributed by atoms with Crippen molar-refractivity contribution in [3.8, 4) is 0 Å². The van der Waals surface area contributed by atoms with Crippen molar-refractivity contribution in [1.82, 2.24) is 9.97 Å². The fraction of sp³-hybridized carbons (Fsp3) is 0.692. The van der Waals surface area contributed by atoms with E-state index in [1.54, 1.807) is 7.11 Å². The minimum atomic E-state index is 0.460. The third-order valence-electron chi connectivity index (χ3n) is 3.03. The van der Waals surface area contributed by atoms with Gasteiger partial charge in [0.15, 0.2) is 0 Å². The number of methoxy groups -OCH3 is 1. The monoisotopic (exact) mass is 344 g/mol. The molecule has 1 N–H and O–H groups in total. The number of morpholine rings is 1. The zero-order chi connectivity index (χ0) is 14.4. The van der Waals surface area contributed by atoms with Gasteiger partial charge in [0.1, 0.15) is 5.82 Å². The molecule has 6 nitrogen and oxygen atoms in total. The second-order valence-corrected chi connectivity index (χ2v) is 5.39. The number of halogens is 1. The Hall–Kier alpha value is -0.920. The summed E-state index contributed by atoms with van der Waals surface area (Å²) in [6, 6.07) is 0. The van der Waals surface area contributed by atoms with Crippen LogP contribution in [0.3, 0.4) is 0 Å². The molecule has 0 saturated carbocycles. The van der Waals surface area contributed by atoms with Gasteiger partial charge in [0.2, 0.25) is 5.95 Å². The average molecular weight is 345 g/mol. The van der Waals surface area contributed by atoms with Crippen molar-refractivity contribution in [3.63, 3.8) is 0 Å². The Morgan fingerprint density at radius 2 is 2.10 bits per heavy atom. The Morgan fingerprint density at radius 1 is 1.35 bits per heavy atom. The highest BCUT2D eigenvalue weighted by atomic mass is 79.9. The minimum absolute atomic E-state index is 0.460. The number of rotatable bonds is 6. The van der Waals surface area contributed by atoms with E-state index in [4.69, 9.17) is 9.47 Å². The van der Waals surface area contributed by atoms with E-state index in [1.165, 1.54) is 0 Å². The molecule has 0 amide bonds. The molecule has 0 spiro atoms. The van der Waals surface area contributed by atoms with E-state index in [1.807, 2.05) is 0 Å². The molecule has 112 valence electrons. The molecule has 1 aliphatic heterocycles. The van der Waals surface area contributed by atoms with Gasteiger partial charge in [0.05, 0.1) is 30.0 Å². The Labute approximate surface area is 128 Å². The molecule has 2 heterocycles. The SMILES string of the molecule is CCCNc1nc(N2CCOCC2)nc(COC)c1Br. The van der Waals surface area contributed by atoms with E-state index in [2.05, 4.69) is 43.0 Å². The second-order valence-electron chi connectivity index (χ2n) is 4.59. The highest BCUT2D eigenvalue weighted by Crippen LogP contribution is 2.27. The lowest BCUT2D eigenvalue weighted by molar-refractivity contribution is 0.122. The molecular weight excluding hydrogens is 324 g/mol. The molecule has 0 aliphatic carbocycles. The van der Waals surface area contributed by atoms with Crippen LogP contribution in [-0.4, -0.2) is 49.9 Å². The van der Waals surface area contributed by atoms with Gasteiger partial charge < -0.3 is 19.7 Å². The maximum atomic E-state index is 5.37. The molecule has 0 aromatic carbocycles. The van der Waals surface area contributed by atoms with E-state index in [-0.39, 0.29) is 0 Å². The normalized spacial score (nSPS) is 15.4. The number of hydrogen-bond acceptors (Lipinski definition) is 6. The molecule has 1 aromatic heterocycles. The van der Waals surface area contributed by atoms with E-state index in [0.29, 0.717) is 6.61 Å². The molecule has 0 atom stereocenters. The molecule has 2 rings (SSSR count). The molecule has 7 heteroatoms. The van der Waals surface area contributed by atoms with Crippen LogP contribution in [0.2, 0.25) is 0 Å². The molecular formula is C13H21BrN4O2. The predicted molar refractivity (Wildman–Crippen MR) is 82.3 cm³/mol. The van der Waals surface area contributed by atoms with Gasteiger partial charge in [0.25, 0.3) is 0 Å². The van der Waals surface area contributed by atoms with E-state index in [0.717, 1.165) is 61.2 Å². The van der Waals surface area contributed by atoms with Crippen LogP contribution < -0.4 is 10.2 Å². The number of aromatic nitrogens is 2. The first-order chi connectivity index (χ1) is 9.76. The van der Waals surface area contributed by atoms with Crippen molar-refractivity contribution >= 4 is 27.7 Å². The number of hydrogen-bond donors (Lipinski definition) is 1. The standard InChI is InChI=1S/C13H21BrN4O2/c1-3-4-15-12-11(14)10(9-19-2)16-13(17-12)18-5-7-20-8-6-18/h3-9H2,1-2H3,(H,15,16,17). The first-order valence-corrected chi connectivity index (χ1v) is 7.67. The number of nitrogens with one attached hydrogen (secondary N) is 1. The van der Waals surface area contributed by atoms with Gasteiger partial charge in [-0.05, 0) is 22.4 Å². The summed E-state index contributed by atoms with van der Waals surface area (Å²) in [5, 5.41) is 3.33. The van der Waals surface area contributed by atoms with Crippen molar-refractivity contribution in [2.45, 2.75) is 20.0 Å². The summed E-state index contributed by atoms with van der Waals surface area (Å²) in [6.07, 6.45) is 1.04. The van der Waals surface area contributed by atoms with Crippen molar-refractivity contribution in [2.75, 3.05) is 50.2 Å². The molecule has 0 unspecified atom stereocenters. The average Bonchev–Trinajstić information content (AvgIpc) is 2.49. The van der Waals surface area contributed by atoms with E-state index < -0.39 is 0 Å². The predicted octanol–water partition coefficient (Wildman–Crippen LogP) is 2.04. The summed E-state index contributed by atoms with van der Waals surface area (Å²) in [5.74, 6) is 1.57. The topological polar surface area (TPSA) is 59.5 Å². The number of ether oxygens (including phenoxy) is 2. The highest BCUT2D eigenvalue weighted by Gasteiger charge is 2.18. The molecule has 1 aliphatic rings. The fourth-order valence-electron chi connectivity index (χ4n) is 1.98. The quantitative estimate of drug-likeness (QED) is 0.852. The maximum absolute atomic E-state index is 5.37. The zero-order valence-corrected chi connectivity index (χ0v) is 13.6. The van der Waals surface area contributed by atoms with Crippen LogP contribution in [-0.2, 0) is 16.1 Å². The highest BCUT2D eigenvalue weighted by molar-refractivity contribution is 9.10. The summed E-state index contributed by atoms with van der Waals surface area (Å²) in [5.41, 5.74) is 0.864. The van der Waals surface area contributed by atoms with Crippen molar-refractivity contribution in [3.05, 3.63) is 10.2 Å². The Bertz CT molecular complexity index is 439. The Morgan fingerprint density at radius 3 is 2.75 bits per heavy atom. The largest absolute Gasteiger partial charge is 0.378 e. The van der Waals surface area contributed by atoms with Gasteiger partial charge >= 0.3 is 0 Å². The van der Waals surface area contributed by atoms with Crippen molar-refractivity contribution < 1.29 is 9.47 Å². The third kappa shape index (κ3) is 3.80. The lowest BCUT2D eigenvalue weighted by Gasteiger charge is -2.27. The van der Waals surface area contributed by atoms with Crippen LogP contribution >= 0.6 is 15.9 Å². The smallest absolute Gasteiger partial charge is 0.227 e. The number of nitrogens with zero attached hydrogens (tertiary/aromatic N) is 3. The number of anilines is 2. The fourth-order valence-corrected chi connectivity index (χ4v) is 2.41. The summed E-state index contributed by atoms with van der Waals surface area (Å²) < 4.78 is 11.5. The van der Waals surface area contributed by atoms with Gasteiger partial charge in [-0.1, -0.05) is 6.92 Å². The summed E-state index contributed by atoms with van der Waals surface area (Å²) >= 11 is 3.56. The van der Waals surface area contributed by atoms with Crippen LogP contribution in [0, 0.1) is 0 Å². The lowest BCUT2D eigenvalue weighted by atomic mass is 10.3. The second kappa shape index (κ2) is 7.75. The van der Waals surface area contributed by atoms with Crippen molar-refractivity contribution in [2.24, 2.45) is 0 Å². The Balaban J connectivity index is 2.27. The lowest BCUT2D eigenvalue weighted by Crippen LogP contribution is -2.37. The first kappa shape index (κ1) is 15.5. The molecule has 1 fully saturated rings. The maximum Gasteiger partial charge on any atom is 0.227 e. The Kier molecular flexibility index (Phi) is 6.00. The first-order valence-electron chi connectivity index (χ1n) is 6.88. The van der Waals surface area contributed by atoms with Crippen LogP contribution in [0.4, 0.5) is 11.8 Å². The molecule has 0 radical (unpaired) electrons. The van der Waals surface area contributed by atoms with Crippen LogP contribution in [0.5, 0.6) is 0 Å². The van der Waals surface area contributed by atoms with Gasteiger partial charge in [-0.25, -0.2) is 4.98 Å². The van der Waals surface area contributed by atoms with E-state index in [9.17, 15) is 0 Å². The minimum Gasteiger partial charge on any atom is -0.378 e. The molecule has 20 heavy (non-hydrogen) atoms. The summed E-state index contributed by atoms with van der Waals surface area (Å²) in [4.78, 5) is 11.4. The van der Waals surface area contributed by atoms with Gasteiger partial charge in [-0.15, -0.1) is 0 Å².